The van der Waals surface area contributed by atoms with Gasteiger partial charge in [-0.25, -0.2) is 9.79 Å². The van der Waals surface area contributed by atoms with E-state index in [2.05, 4.69) is 69.5 Å². The zero-order chi connectivity index (χ0) is 27.3. The molecule has 0 fully saturated rings. The number of fused-ring (bicyclic) bond motifs is 2. The Morgan fingerprint density at radius 1 is 1.13 bits per heavy atom. The number of para-hydroxylation sites is 1. The maximum Gasteiger partial charge on any atom is 0.338 e. The molecule has 0 N–H and O–H groups in total. The summed E-state index contributed by atoms with van der Waals surface area (Å²) in [6.45, 7) is 13.3. The Bertz CT molecular complexity index is 1780. The van der Waals surface area contributed by atoms with E-state index in [-0.39, 0.29) is 5.56 Å². The van der Waals surface area contributed by atoms with E-state index in [1.165, 1.54) is 35.1 Å². The minimum absolute atomic E-state index is 0.162. The first-order valence-corrected chi connectivity index (χ1v) is 13.8. The topological polar surface area (TPSA) is 65.6 Å². The number of rotatable bonds is 5. The van der Waals surface area contributed by atoms with Gasteiger partial charge in [0, 0.05) is 23.2 Å². The van der Waals surface area contributed by atoms with Crippen molar-refractivity contribution in [3.05, 3.63) is 101 Å². The number of ether oxygens (including phenoxy) is 1. The number of thiazole rings is 1. The van der Waals surface area contributed by atoms with Crippen LogP contribution in [-0.2, 0) is 16.1 Å². The monoisotopic (exact) mass is 527 g/mol. The van der Waals surface area contributed by atoms with E-state index in [1.54, 1.807) is 11.5 Å². The molecule has 0 radical (unpaired) electrons. The number of esters is 1. The quantitative estimate of drug-likeness (QED) is 0.338. The van der Waals surface area contributed by atoms with Gasteiger partial charge in [-0.05, 0) is 56.4 Å². The molecule has 1 aliphatic heterocycles. The molecular formula is C31H33N3O3S. The van der Waals surface area contributed by atoms with Crippen LogP contribution in [0.5, 0.6) is 0 Å². The summed E-state index contributed by atoms with van der Waals surface area (Å²) in [5, 5.41) is 1.13. The molecule has 0 spiro atoms. The first-order chi connectivity index (χ1) is 18.2. The van der Waals surface area contributed by atoms with Crippen molar-refractivity contribution in [2.75, 3.05) is 7.11 Å². The molecule has 38 heavy (non-hydrogen) atoms. The minimum Gasteiger partial charge on any atom is -0.466 e. The van der Waals surface area contributed by atoms with E-state index in [0.717, 1.165) is 28.8 Å². The highest BCUT2D eigenvalue weighted by atomic mass is 32.1. The number of hydrogen-bond donors (Lipinski definition) is 0. The summed E-state index contributed by atoms with van der Waals surface area (Å²) >= 11 is 1.36. The molecule has 7 heteroatoms. The van der Waals surface area contributed by atoms with Gasteiger partial charge in [-0.1, -0.05) is 67.6 Å². The number of benzene rings is 2. The Morgan fingerprint density at radius 2 is 1.84 bits per heavy atom. The van der Waals surface area contributed by atoms with E-state index < -0.39 is 12.0 Å². The first kappa shape index (κ1) is 25.9. The zero-order valence-corrected chi connectivity index (χ0v) is 23.8. The zero-order valence-electron chi connectivity index (χ0n) is 23.0. The van der Waals surface area contributed by atoms with Crippen LogP contribution in [0, 0.1) is 13.8 Å². The molecule has 6 nitrogen and oxygen atoms in total. The second kappa shape index (κ2) is 9.87. The molecule has 0 amide bonds. The summed E-state index contributed by atoms with van der Waals surface area (Å²) in [6, 6.07) is 13.8. The average molecular weight is 528 g/mol. The smallest absolute Gasteiger partial charge is 0.338 e. The maximum absolute atomic E-state index is 14.0. The van der Waals surface area contributed by atoms with Crippen LogP contribution in [0.15, 0.2) is 63.5 Å². The van der Waals surface area contributed by atoms with Gasteiger partial charge in [-0.3, -0.25) is 9.36 Å². The maximum atomic E-state index is 14.0. The van der Waals surface area contributed by atoms with Crippen molar-refractivity contribution in [1.82, 2.24) is 9.13 Å². The predicted octanol–water partition coefficient (Wildman–Crippen LogP) is 5.12. The van der Waals surface area contributed by atoms with Crippen molar-refractivity contribution < 1.29 is 9.53 Å². The molecule has 5 rings (SSSR count). The van der Waals surface area contributed by atoms with Gasteiger partial charge in [0.15, 0.2) is 4.80 Å². The van der Waals surface area contributed by atoms with Gasteiger partial charge < -0.3 is 9.30 Å². The van der Waals surface area contributed by atoms with Crippen molar-refractivity contribution >= 4 is 34.3 Å². The fraction of sp³-hybridized carbons (Fsp3) is 0.323. The lowest BCUT2D eigenvalue weighted by Gasteiger charge is -2.24. The Balaban J connectivity index is 1.77. The second-order valence-electron chi connectivity index (χ2n) is 10.1. The number of carbonyl (C=O) groups excluding carboxylic acids is 1. The first-order valence-electron chi connectivity index (χ1n) is 13.0. The average Bonchev–Trinajstić information content (AvgIpc) is 3.36. The Labute approximate surface area is 226 Å². The standard InChI is InChI=1S/C31H33N3O3S/c1-8-33-20(6)24(23-11-9-10-18(4)27(23)33)16-25-29(35)34-28(22-14-12-21(13-15-22)17(2)3)26(30(36)37-7)19(5)32-31(34)38-25/h9-17,28H,8H2,1-7H3/b25-16-/t28-/m1/s1. The van der Waals surface area contributed by atoms with Crippen LogP contribution < -0.4 is 14.9 Å². The summed E-state index contributed by atoms with van der Waals surface area (Å²) in [7, 11) is 1.36. The summed E-state index contributed by atoms with van der Waals surface area (Å²) < 4.78 is 9.68. The Morgan fingerprint density at radius 3 is 2.47 bits per heavy atom. The number of carbonyl (C=O) groups is 1. The SMILES string of the molecule is CCn1c(C)c(/C=c2\sc3n(c2=O)[C@H](c2ccc(C(C)C)cc2)C(C(=O)OC)=C(C)N=3)c2cccc(C)c21. The molecule has 1 aliphatic rings. The molecule has 2 aromatic carbocycles. The van der Waals surface area contributed by atoms with Gasteiger partial charge in [-0.15, -0.1) is 0 Å². The Kier molecular flexibility index (Phi) is 6.73. The second-order valence-corrected chi connectivity index (χ2v) is 11.1. The highest BCUT2D eigenvalue weighted by molar-refractivity contribution is 7.07. The number of methoxy groups -OCH3 is 1. The predicted molar refractivity (Wildman–Crippen MR) is 153 cm³/mol. The molecule has 0 saturated carbocycles. The van der Waals surface area contributed by atoms with Gasteiger partial charge in [0.25, 0.3) is 5.56 Å². The highest BCUT2D eigenvalue weighted by Gasteiger charge is 2.33. The molecular weight excluding hydrogens is 494 g/mol. The lowest BCUT2D eigenvalue weighted by atomic mass is 9.93. The highest BCUT2D eigenvalue weighted by Crippen LogP contribution is 2.32. The van der Waals surface area contributed by atoms with E-state index in [1.807, 2.05) is 18.2 Å². The summed E-state index contributed by atoms with van der Waals surface area (Å²) in [5.74, 6) is -0.101. The molecule has 4 aromatic rings. The lowest BCUT2D eigenvalue weighted by molar-refractivity contribution is -0.136. The van der Waals surface area contributed by atoms with Gasteiger partial charge in [-0.2, -0.15) is 0 Å². The third kappa shape index (κ3) is 4.06. The van der Waals surface area contributed by atoms with Crippen molar-refractivity contribution in [2.45, 2.75) is 60.0 Å². The fourth-order valence-corrected chi connectivity index (χ4v) is 6.55. The van der Waals surface area contributed by atoms with Gasteiger partial charge >= 0.3 is 5.97 Å². The normalized spacial score (nSPS) is 15.8. The van der Waals surface area contributed by atoms with Gasteiger partial charge in [0.05, 0.1) is 34.5 Å². The molecule has 2 aromatic heterocycles. The summed E-state index contributed by atoms with van der Waals surface area (Å²) in [6.07, 6.45) is 1.99. The van der Waals surface area contributed by atoms with Crippen molar-refractivity contribution in [1.29, 1.82) is 0 Å². The number of aryl methyl sites for hydroxylation is 2. The summed E-state index contributed by atoms with van der Waals surface area (Å²) in [4.78, 5) is 32.3. The van der Waals surface area contributed by atoms with Crippen LogP contribution >= 0.6 is 11.3 Å². The van der Waals surface area contributed by atoms with Crippen molar-refractivity contribution in [3.63, 3.8) is 0 Å². The summed E-state index contributed by atoms with van der Waals surface area (Å²) in [5.41, 5.74) is 7.40. The van der Waals surface area contributed by atoms with Crippen LogP contribution in [0.4, 0.5) is 0 Å². The van der Waals surface area contributed by atoms with E-state index in [9.17, 15) is 9.59 Å². The number of allylic oxidation sites excluding steroid dienone is 1. The van der Waals surface area contributed by atoms with Crippen LogP contribution in [0.2, 0.25) is 0 Å². The van der Waals surface area contributed by atoms with Crippen LogP contribution in [0.3, 0.4) is 0 Å². The van der Waals surface area contributed by atoms with Crippen LogP contribution in [0.25, 0.3) is 17.0 Å². The number of aromatic nitrogens is 2. The molecule has 0 aliphatic carbocycles. The van der Waals surface area contributed by atoms with Gasteiger partial charge in [0.2, 0.25) is 0 Å². The molecule has 0 unspecified atom stereocenters. The van der Waals surface area contributed by atoms with Gasteiger partial charge in [0.1, 0.15) is 0 Å². The minimum atomic E-state index is -0.609. The number of hydrogen-bond acceptors (Lipinski definition) is 5. The largest absolute Gasteiger partial charge is 0.466 e. The number of nitrogens with zero attached hydrogens (tertiary/aromatic N) is 3. The lowest BCUT2D eigenvalue weighted by Crippen LogP contribution is -2.39. The van der Waals surface area contributed by atoms with Crippen LogP contribution in [-0.4, -0.2) is 22.2 Å². The third-order valence-electron chi connectivity index (χ3n) is 7.53. The van der Waals surface area contributed by atoms with Crippen molar-refractivity contribution in [3.8, 4) is 0 Å². The van der Waals surface area contributed by atoms with E-state index >= 15 is 0 Å². The molecule has 0 bridgehead atoms. The molecule has 196 valence electrons. The van der Waals surface area contributed by atoms with Crippen LogP contribution in [0.1, 0.15) is 67.6 Å². The third-order valence-corrected chi connectivity index (χ3v) is 8.51. The molecule has 1 atom stereocenters. The van der Waals surface area contributed by atoms with E-state index in [0.29, 0.717) is 26.5 Å². The fourth-order valence-electron chi connectivity index (χ4n) is 5.52. The molecule has 3 heterocycles. The van der Waals surface area contributed by atoms with E-state index in [4.69, 9.17) is 9.73 Å². The Hall–Kier alpha value is -3.71. The van der Waals surface area contributed by atoms with Crippen molar-refractivity contribution in [2.24, 2.45) is 4.99 Å². The molecule has 0 saturated heterocycles.